The molecule has 1 N–H and O–H groups in total. The Morgan fingerprint density at radius 3 is 2.58 bits per heavy atom. The molecule has 0 aliphatic carbocycles. The molecule has 0 aliphatic heterocycles. The number of aliphatic hydroxyl groups is 1. The number of aliphatic hydroxyl groups excluding tert-OH is 1. The van der Waals surface area contributed by atoms with E-state index in [1.807, 2.05) is 0 Å². The Morgan fingerprint density at radius 2 is 2.17 bits per heavy atom. The molecule has 0 rings (SSSR count). The van der Waals surface area contributed by atoms with Crippen molar-refractivity contribution in [2.24, 2.45) is 0 Å². The van der Waals surface area contributed by atoms with Crippen LogP contribution < -0.4 is 0 Å². The SMILES string of the molecule is C=C(COCCO)C(=O)N(C)C. The molecule has 0 radical (unpaired) electrons. The van der Waals surface area contributed by atoms with Gasteiger partial charge in [0.15, 0.2) is 0 Å². The van der Waals surface area contributed by atoms with E-state index in [-0.39, 0.29) is 25.7 Å². The van der Waals surface area contributed by atoms with Crippen molar-refractivity contribution < 1.29 is 14.6 Å². The number of amides is 1. The highest BCUT2D eigenvalue weighted by Gasteiger charge is 2.08. The first-order chi connectivity index (χ1) is 5.59. The van der Waals surface area contributed by atoms with Crippen LogP contribution in [0.5, 0.6) is 0 Å². The van der Waals surface area contributed by atoms with E-state index in [1.165, 1.54) is 4.90 Å². The Hall–Kier alpha value is -0.870. The van der Waals surface area contributed by atoms with Crippen molar-refractivity contribution in [3.63, 3.8) is 0 Å². The maximum absolute atomic E-state index is 11.1. The van der Waals surface area contributed by atoms with Gasteiger partial charge in [-0.3, -0.25) is 4.79 Å². The first kappa shape index (κ1) is 11.1. The highest BCUT2D eigenvalue weighted by Crippen LogP contribution is 1.95. The summed E-state index contributed by atoms with van der Waals surface area (Å²) in [5.41, 5.74) is 0.397. The molecule has 0 bridgehead atoms. The molecule has 0 saturated carbocycles. The number of ether oxygens (including phenoxy) is 1. The summed E-state index contributed by atoms with van der Waals surface area (Å²) >= 11 is 0. The van der Waals surface area contributed by atoms with E-state index < -0.39 is 0 Å². The summed E-state index contributed by atoms with van der Waals surface area (Å²) in [4.78, 5) is 12.6. The fraction of sp³-hybridized carbons (Fsp3) is 0.625. The number of hydrogen-bond acceptors (Lipinski definition) is 3. The number of carbonyl (C=O) groups excluding carboxylic acids is 1. The summed E-state index contributed by atoms with van der Waals surface area (Å²) < 4.78 is 4.92. The van der Waals surface area contributed by atoms with Crippen molar-refractivity contribution in [3.8, 4) is 0 Å². The summed E-state index contributed by atoms with van der Waals surface area (Å²) in [6.45, 7) is 3.93. The van der Waals surface area contributed by atoms with Gasteiger partial charge in [0.25, 0.3) is 5.91 Å². The minimum absolute atomic E-state index is 0.0383. The van der Waals surface area contributed by atoms with Crippen molar-refractivity contribution in [2.45, 2.75) is 0 Å². The van der Waals surface area contributed by atoms with Gasteiger partial charge in [-0.15, -0.1) is 0 Å². The highest BCUT2D eigenvalue weighted by atomic mass is 16.5. The molecule has 0 spiro atoms. The molecule has 0 aromatic heterocycles. The second kappa shape index (κ2) is 5.74. The van der Waals surface area contributed by atoms with Gasteiger partial charge < -0.3 is 14.7 Å². The minimum atomic E-state index is -0.145. The summed E-state index contributed by atoms with van der Waals surface area (Å²) in [6, 6.07) is 0. The summed E-state index contributed by atoms with van der Waals surface area (Å²) in [6.07, 6.45) is 0. The van der Waals surface area contributed by atoms with Crippen LogP contribution in [0.1, 0.15) is 0 Å². The quantitative estimate of drug-likeness (QED) is 0.456. The van der Waals surface area contributed by atoms with Gasteiger partial charge in [0.1, 0.15) is 0 Å². The third-order valence-electron chi connectivity index (χ3n) is 1.22. The predicted molar refractivity (Wildman–Crippen MR) is 45.7 cm³/mol. The Balaban J connectivity index is 3.65. The second-order valence-corrected chi connectivity index (χ2v) is 2.58. The van der Waals surface area contributed by atoms with Gasteiger partial charge in [-0.05, 0) is 0 Å². The number of hydrogen-bond donors (Lipinski definition) is 1. The van der Waals surface area contributed by atoms with E-state index in [4.69, 9.17) is 9.84 Å². The van der Waals surface area contributed by atoms with Gasteiger partial charge >= 0.3 is 0 Å². The molecule has 70 valence electrons. The van der Waals surface area contributed by atoms with E-state index in [2.05, 4.69) is 6.58 Å². The fourth-order valence-electron chi connectivity index (χ4n) is 0.638. The van der Waals surface area contributed by atoms with E-state index in [0.29, 0.717) is 5.57 Å². The molecule has 0 heterocycles. The van der Waals surface area contributed by atoms with Crippen LogP contribution in [0, 0.1) is 0 Å². The van der Waals surface area contributed by atoms with Crippen LogP contribution in [0.4, 0.5) is 0 Å². The Kier molecular flexibility index (Phi) is 5.32. The highest BCUT2D eigenvalue weighted by molar-refractivity contribution is 5.92. The van der Waals surface area contributed by atoms with Crippen molar-refractivity contribution in [2.75, 3.05) is 33.9 Å². The predicted octanol–water partition coefficient (Wildman–Crippen LogP) is -0.360. The lowest BCUT2D eigenvalue weighted by molar-refractivity contribution is -0.125. The van der Waals surface area contributed by atoms with Gasteiger partial charge in [0.05, 0.1) is 19.8 Å². The second-order valence-electron chi connectivity index (χ2n) is 2.58. The zero-order chi connectivity index (χ0) is 9.56. The molecule has 1 amide bonds. The number of likely N-dealkylation sites (N-methyl/N-ethyl adjacent to an activating group) is 1. The van der Waals surface area contributed by atoms with E-state index in [1.54, 1.807) is 14.1 Å². The zero-order valence-electron chi connectivity index (χ0n) is 7.54. The average molecular weight is 173 g/mol. The van der Waals surface area contributed by atoms with Gasteiger partial charge in [-0.2, -0.15) is 0 Å². The smallest absolute Gasteiger partial charge is 0.251 e. The minimum Gasteiger partial charge on any atom is -0.394 e. The molecular formula is C8H15NO3. The summed E-state index contributed by atoms with van der Waals surface area (Å²) in [5.74, 6) is -0.145. The van der Waals surface area contributed by atoms with E-state index in [9.17, 15) is 4.79 Å². The molecule has 0 unspecified atom stereocenters. The van der Waals surface area contributed by atoms with Crippen molar-refractivity contribution in [1.82, 2.24) is 4.90 Å². The van der Waals surface area contributed by atoms with Crippen LogP contribution in [-0.2, 0) is 9.53 Å². The monoisotopic (exact) mass is 173 g/mol. The molecule has 4 nitrogen and oxygen atoms in total. The molecule has 0 saturated heterocycles. The zero-order valence-corrected chi connectivity index (χ0v) is 7.54. The van der Waals surface area contributed by atoms with Crippen LogP contribution in [0.25, 0.3) is 0 Å². The van der Waals surface area contributed by atoms with Crippen molar-refractivity contribution in [1.29, 1.82) is 0 Å². The maximum atomic E-state index is 11.1. The molecule has 0 aromatic rings. The first-order valence-electron chi connectivity index (χ1n) is 3.67. The lowest BCUT2D eigenvalue weighted by atomic mass is 10.3. The molecule has 0 fully saturated rings. The number of nitrogens with zero attached hydrogens (tertiary/aromatic N) is 1. The normalized spacial score (nSPS) is 9.58. The molecule has 12 heavy (non-hydrogen) atoms. The number of carbonyl (C=O) groups is 1. The summed E-state index contributed by atoms with van der Waals surface area (Å²) in [7, 11) is 3.30. The van der Waals surface area contributed by atoms with Gasteiger partial charge in [0.2, 0.25) is 0 Å². The third kappa shape index (κ3) is 4.10. The lowest BCUT2D eigenvalue weighted by Crippen LogP contribution is -2.25. The first-order valence-corrected chi connectivity index (χ1v) is 3.67. The van der Waals surface area contributed by atoms with Crippen LogP contribution in [0.3, 0.4) is 0 Å². The van der Waals surface area contributed by atoms with E-state index in [0.717, 1.165) is 0 Å². The van der Waals surface area contributed by atoms with Crippen LogP contribution in [0.2, 0.25) is 0 Å². The molecule has 0 atom stereocenters. The standard InChI is InChI=1S/C8H15NO3/c1-7(6-12-5-4-10)8(11)9(2)3/h10H,1,4-6H2,2-3H3. The van der Waals surface area contributed by atoms with Crippen molar-refractivity contribution >= 4 is 5.91 Å². The summed E-state index contributed by atoms with van der Waals surface area (Å²) in [5, 5.41) is 8.38. The van der Waals surface area contributed by atoms with Crippen LogP contribution >= 0.6 is 0 Å². The van der Waals surface area contributed by atoms with E-state index >= 15 is 0 Å². The molecule has 0 aromatic carbocycles. The largest absolute Gasteiger partial charge is 0.394 e. The van der Waals surface area contributed by atoms with Gasteiger partial charge in [0, 0.05) is 19.7 Å². The Labute approximate surface area is 72.4 Å². The Bertz CT molecular complexity index is 166. The third-order valence-corrected chi connectivity index (χ3v) is 1.22. The maximum Gasteiger partial charge on any atom is 0.251 e. The molecule has 4 heteroatoms. The molecule has 0 aliphatic rings. The Morgan fingerprint density at radius 1 is 1.58 bits per heavy atom. The average Bonchev–Trinajstić information content (AvgIpc) is 2.03. The fourth-order valence-corrected chi connectivity index (χ4v) is 0.638. The van der Waals surface area contributed by atoms with Crippen LogP contribution in [-0.4, -0.2) is 49.8 Å². The topological polar surface area (TPSA) is 49.8 Å². The number of rotatable bonds is 5. The van der Waals surface area contributed by atoms with Crippen LogP contribution in [0.15, 0.2) is 12.2 Å². The van der Waals surface area contributed by atoms with Gasteiger partial charge in [-0.25, -0.2) is 0 Å². The van der Waals surface area contributed by atoms with Crippen molar-refractivity contribution in [3.05, 3.63) is 12.2 Å². The lowest BCUT2D eigenvalue weighted by Gasteiger charge is -2.11. The molecular weight excluding hydrogens is 158 g/mol. The van der Waals surface area contributed by atoms with Gasteiger partial charge in [-0.1, -0.05) is 6.58 Å².